The van der Waals surface area contributed by atoms with Crippen LogP contribution in [0.4, 0.5) is 0 Å². The van der Waals surface area contributed by atoms with Gasteiger partial charge in [0.1, 0.15) is 6.54 Å². The zero-order valence-corrected chi connectivity index (χ0v) is 19.2. The average molecular weight is 455 g/mol. The third-order valence-electron chi connectivity index (χ3n) is 5.39. The van der Waals surface area contributed by atoms with E-state index in [4.69, 9.17) is 13.9 Å². The fraction of sp³-hybridized carbons (Fsp3) is 0.333. The first kappa shape index (κ1) is 22.0. The highest BCUT2D eigenvalue weighted by Crippen LogP contribution is 2.33. The lowest BCUT2D eigenvalue weighted by Crippen LogP contribution is -2.45. The van der Waals surface area contributed by atoms with Gasteiger partial charge in [-0.3, -0.25) is 9.59 Å². The molecule has 1 aliphatic heterocycles. The number of hydrogen-bond acceptors (Lipinski definition) is 6. The molecule has 3 heterocycles. The first-order valence-electron chi connectivity index (χ1n) is 10.5. The van der Waals surface area contributed by atoms with E-state index in [0.29, 0.717) is 24.6 Å². The van der Waals surface area contributed by atoms with Crippen LogP contribution in [0.5, 0.6) is 11.5 Å². The number of amides is 2. The molecule has 2 aromatic heterocycles. The Hall–Kier alpha value is -3.26. The van der Waals surface area contributed by atoms with Crippen molar-refractivity contribution in [1.29, 1.82) is 0 Å². The lowest BCUT2D eigenvalue weighted by molar-refractivity contribution is -0.133. The molecule has 0 saturated heterocycles. The third kappa shape index (κ3) is 4.80. The molecule has 1 aliphatic rings. The lowest BCUT2D eigenvalue weighted by atomic mass is 10.1. The number of benzene rings is 1. The number of hydrogen-bond donors (Lipinski definition) is 0. The maximum atomic E-state index is 13.5. The number of carbonyl (C=O) groups is 2. The molecule has 0 atom stereocenters. The topological polar surface area (TPSA) is 72.2 Å². The molecule has 7 nitrogen and oxygen atoms in total. The van der Waals surface area contributed by atoms with Crippen LogP contribution in [-0.4, -0.2) is 41.0 Å². The van der Waals surface area contributed by atoms with Crippen molar-refractivity contribution in [1.82, 2.24) is 9.80 Å². The monoisotopic (exact) mass is 454 g/mol. The Morgan fingerprint density at radius 1 is 1.09 bits per heavy atom. The van der Waals surface area contributed by atoms with Crippen molar-refractivity contribution in [2.24, 2.45) is 0 Å². The van der Waals surface area contributed by atoms with Crippen LogP contribution in [0, 0.1) is 6.92 Å². The number of furan rings is 1. The third-order valence-corrected chi connectivity index (χ3v) is 6.40. The first-order valence-corrected chi connectivity index (χ1v) is 11.3. The van der Waals surface area contributed by atoms with Gasteiger partial charge in [-0.05, 0) is 67.6 Å². The summed E-state index contributed by atoms with van der Waals surface area (Å²) < 4.78 is 16.1. The summed E-state index contributed by atoms with van der Waals surface area (Å²) in [6.07, 6.45) is 1.46. The minimum absolute atomic E-state index is 0.0355. The molecule has 0 bridgehead atoms. The molecule has 0 fully saturated rings. The molecule has 0 radical (unpaired) electrons. The maximum absolute atomic E-state index is 13.5. The zero-order valence-electron chi connectivity index (χ0n) is 18.4. The van der Waals surface area contributed by atoms with E-state index in [1.54, 1.807) is 28.4 Å². The van der Waals surface area contributed by atoms with Crippen molar-refractivity contribution < 1.29 is 23.5 Å². The van der Waals surface area contributed by atoms with Crippen LogP contribution in [0.2, 0.25) is 0 Å². The molecular weight excluding hydrogens is 428 g/mol. The van der Waals surface area contributed by atoms with Gasteiger partial charge in [-0.15, -0.1) is 11.3 Å². The minimum Gasteiger partial charge on any atom is -0.459 e. The van der Waals surface area contributed by atoms with Crippen LogP contribution in [0.15, 0.2) is 52.5 Å². The predicted octanol–water partition coefficient (Wildman–Crippen LogP) is 4.46. The molecule has 32 heavy (non-hydrogen) atoms. The van der Waals surface area contributed by atoms with Crippen LogP contribution in [0.25, 0.3) is 0 Å². The van der Waals surface area contributed by atoms with Crippen LogP contribution in [0.1, 0.15) is 40.4 Å². The number of aryl methyl sites for hydroxylation is 1. The van der Waals surface area contributed by atoms with Gasteiger partial charge in [0.05, 0.1) is 12.8 Å². The summed E-state index contributed by atoms with van der Waals surface area (Å²) in [5.74, 6) is 1.18. The Balaban J connectivity index is 1.56. The minimum atomic E-state index is -0.298. The Bertz CT molecular complexity index is 1090. The largest absolute Gasteiger partial charge is 0.459 e. The SMILES string of the molecule is Cc1ccsc1CN(Cc1ccc2c(c1)OCO2)C(=O)CN(C(=O)c1ccco1)C(C)C. The Morgan fingerprint density at radius 2 is 1.91 bits per heavy atom. The quantitative estimate of drug-likeness (QED) is 0.503. The van der Waals surface area contributed by atoms with Gasteiger partial charge in [0, 0.05) is 17.5 Å². The van der Waals surface area contributed by atoms with Crippen molar-refractivity contribution in [3.8, 4) is 11.5 Å². The van der Waals surface area contributed by atoms with Crippen molar-refractivity contribution >= 4 is 23.2 Å². The molecule has 0 saturated carbocycles. The summed E-state index contributed by atoms with van der Waals surface area (Å²) in [6.45, 7) is 6.85. The van der Waals surface area contributed by atoms with E-state index in [9.17, 15) is 9.59 Å². The van der Waals surface area contributed by atoms with Gasteiger partial charge in [0.2, 0.25) is 12.7 Å². The molecule has 3 aromatic rings. The van der Waals surface area contributed by atoms with Gasteiger partial charge in [-0.25, -0.2) is 0 Å². The Morgan fingerprint density at radius 3 is 2.59 bits per heavy atom. The van der Waals surface area contributed by atoms with Crippen LogP contribution < -0.4 is 9.47 Å². The Labute approximate surface area is 191 Å². The summed E-state index contributed by atoms with van der Waals surface area (Å²) >= 11 is 1.62. The molecule has 4 rings (SSSR count). The molecule has 0 spiro atoms. The number of fused-ring (bicyclic) bond motifs is 1. The summed E-state index contributed by atoms with van der Waals surface area (Å²) in [5, 5.41) is 2.02. The maximum Gasteiger partial charge on any atom is 0.290 e. The van der Waals surface area contributed by atoms with Gasteiger partial charge >= 0.3 is 0 Å². The van der Waals surface area contributed by atoms with Gasteiger partial charge in [0.15, 0.2) is 17.3 Å². The normalized spacial score (nSPS) is 12.2. The lowest BCUT2D eigenvalue weighted by Gasteiger charge is -2.29. The van der Waals surface area contributed by atoms with Gasteiger partial charge in [-0.2, -0.15) is 0 Å². The van der Waals surface area contributed by atoms with Gasteiger partial charge in [0.25, 0.3) is 5.91 Å². The molecule has 8 heteroatoms. The van der Waals surface area contributed by atoms with Gasteiger partial charge < -0.3 is 23.7 Å². The number of ether oxygens (including phenoxy) is 2. The first-order chi connectivity index (χ1) is 15.4. The smallest absolute Gasteiger partial charge is 0.290 e. The zero-order chi connectivity index (χ0) is 22.7. The molecule has 1 aromatic carbocycles. The van der Waals surface area contributed by atoms with E-state index < -0.39 is 0 Å². The van der Waals surface area contributed by atoms with Crippen LogP contribution >= 0.6 is 11.3 Å². The number of thiophene rings is 1. The van der Waals surface area contributed by atoms with Crippen LogP contribution in [0.3, 0.4) is 0 Å². The van der Waals surface area contributed by atoms with E-state index in [1.807, 2.05) is 50.4 Å². The fourth-order valence-corrected chi connectivity index (χ4v) is 4.43. The summed E-state index contributed by atoms with van der Waals surface area (Å²) in [5.41, 5.74) is 2.08. The molecule has 0 N–H and O–H groups in total. The predicted molar refractivity (Wildman–Crippen MR) is 121 cm³/mol. The van der Waals surface area contributed by atoms with Crippen molar-refractivity contribution in [3.05, 3.63) is 69.8 Å². The second-order valence-corrected chi connectivity index (χ2v) is 8.97. The second-order valence-electron chi connectivity index (χ2n) is 7.97. The molecule has 168 valence electrons. The second kappa shape index (κ2) is 9.48. The summed E-state index contributed by atoms with van der Waals surface area (Å²) in [6, 6.07) is 10.9. The highest BCUT2D eigenvalue weighted by Gasteiger charge is 2.27. The summed E-state index contributed by atoms with van der Waals surface area (Å²) in [4.78, 5) is 30.8. The molecule has 0 unspecified atom stereocenters. The molecule has 0 aliphatic carbocycles. The van der Waals surface area contributed by atoms with Crippen molar-refractivity contribution in [2.75, 3.05) is 13.3 Å². The van der Waals surface area contributed by atoms with E-state index in [-0.39, 0.29) is 37.0 Å². The van der Waals surface area contributed by atoms with E-state index in [1.165, 1.54) is 11.2 Å². The van der Waals surface area contributed by atoms with E-state index in [0.717, 1.165) is 16.0 Å². The average Bonchev–Trinajstić information content (AvgIpc) is 3.53. The van der Waals surface area contributed by atoms with Crippen molar-refractivity contribution in [2.45, 2.75) is 39.9 Å². The highest BCUT2D eigenvalue weighted by molar-refractivity contribution is 7.10. The molecule has 2 amide bonds. The molecular formula is C24H26N2O5S. The van der Waals surface area contributed by atoms with E-state index >= 15 is 0 Å². The standard InChI is InChI=1S/C24H26N2O5S/c1-16(2)26(24(28)20-5-4-9-29-20)14-23(27)25(13-22-17(3)8-10-32-22)12-18-6-7-19-21(11-18)31-15-30-19/h4-11,16H,12-15H2,1-3H3. The highest BCUT2D eigenvalue weighted by atomic mass is 32.1. The summed E-state index contributed by atoms with van der Waals surface area (Å²) in [7, 11) is 0. The van der Waals surface area contributed by atoms with Crippen LogP contribution in [-0.2, 0) is 17.9 Å². The number of carbonyl (C=O) groups excluding carboxylic acids is 2. The van der Waals surface area contributed by atoms with E-state index in [2.05, 4.69) is 0 Å². The number of rotatable bonds is 8. The fourth-order valence-electron chi connectivity index (χ4n) is 3.51. The number of nitrogens with zero attached hydrogens (tertiary/aromatic N) is 2. The van der Waals surface area contributed by atoms with Crippen molar-refractivity contribution in [3.63, 3.8) is 0 Å². The Kier molecular flexibility index (Phi) is 6.50. The van der Waals surface area contributed by atoms with Gasteiger partial charge in [-0.1, -0.05) is 6.07 Å².